The van der Waals surface area contributed by atoms with Gasteiger partial charge in [0.1, 0.15) is 17.6 Å². The number of aromatic nitrogens is 1. The van der Waals surface area contributed by atoms with Gasteiger partial charge in [-0.2, -0.15) is 9.65 Å². The second-order valence-corrected chi connectivity index (χ2v) is 5.15. The molecular weight excluding hydrogens is 334 g/mol. The van der Waals surface area contributed by atoms with Crippen molar-refractivity contribution in [3.05, 3.63) is 52.3 Å². The number of amides is 2. The van der Waals surface area contributed by atoms with Gasteiger partial charge in [-0.05, 0) is 30.7 Å². The quantitative estimate of drug-likeness (QED) is 0.642. The molecule has 7 nitrogen and oxygen atoms in total. The fourth-order valence-electron chi connectivity index (χ4n) is 2.38. The zero-order chi connectivity index (χ0) is 18.9. The normalized spacial score (nSPS) is 10.2. The predicted octanol–water partition coefficient (Wildman–Crippen LogP) is 1.40. The Morgan fingerprint density at radius 2 is 1.92 bits per heavy atom. The molecule has 0 atom stereocenters. The number of hydrogen-bond donors (Lipinski definition) is 2. The first-order chi connectivity index (χ1) is 11.7. The number of rotatable bonds is 4. The predicted molar refractivity (Wildman–Crippen MR) is 82.7 cm³/mol. The number of nitrogens with one attached hydrogen (secondary N) is 1. The summed E-state index contributed by atoms with van der Waals surface area (Å²) in [6.07, 6.45) is 0. The van der Waals surface area contributed by atoms with E-state index in [1.165, 1.54) is 20.0 Å². The number of benzene rings is 1. The smallest absolute Gasteiger partial charge is 0.291 e. The van der Waals surface area contributed by atoms with Crippen molar-refractivity contribution >= 4 is 23.3 Å². The summed E-state index contributed by atoms with van der Waals surface area (Å²) in [5.74, 6) is -5.15. The summed E-state index contributed by atoms with van der Waals surface area (Å²) in [7, 11) is 1.17. The molecule has 3 N–H and O–H groups in total. The van der Waals surface area contributed by atoms with Gasteiger partial charge in [-0.15, -0.1) is 0 Å². The van der Waals surface area contributed by atoms with Crippen molar-refractivity contribution in [3.8, 4) is 6.07 Å². The van der Waals surface area contributed by atoms with Crippen molar-refractivity contribution in [2.45, 2.75) is 6.92 Å². The second kappa shape index (κ2) is 6.52. The van der Waals surface area contributed by atoms with Crippen LogP contribution < -0.4 is 11.1 Å². The van der Waals surface area contributed by atoms with Gasteiger partial charge in [0.15, 0.2) is 0 Å². The molecule has 1 aromatic heterocycles. The molecule has 0 unspecified atom stereocenters. The molecule has 0 fully saturated rings. The van der Waals surface area contributed by atoms with Crippen molar-refractivity contribution in [2.75, 3.05) is 5.32 Å². The van der Waals surface area contributed by atoms with E-state index in [-0.39, 0.29) is 22.5 Å². The molecule has 0 aliphatic rings. The number of primary amides is 1. The van der Waals surface area contributed by atoms with Crippen LogP contribution in [0.5, 0.6) is 0 Å². The Hall–Kier alpha value is -3.54. The first-order valence-electron chi connectivity index (χ1n) is 6.89. The minimum atomic E-state index is -1.28. The van der Waals surface area contributed by atoms with Gasteiger partial charge in [0, 0.05) is 12.7 Å². The molecule has 9 heteroatoms. The van der Waals surface area contributed by atoms with E-state index in [0.717, 1.165) is 16.7 Å². The van der Waals surface area contributed by atoms with Gasteiger partial charge in [-0.1, -0.05) is 0 Å². The van der Waals surface area contributed by atoms with E-state index in [4.69, 9.17) is 11.0 Å². The Kier molecular flexibility index (Phi) is 4.65. The summed E-state index contributed by atoms with van der Waals surface area (Å²) < 4.78 is 28.4. The zero-order valence-corrected chi connectivity index (χ0v) is 13.2. The molecule has 0 aliphatic heterocycles. The maximum absolute atomic E-state index is 14.4. The molecule has 0 aliphatic carbocycles. The lowest BCUT2D eigenvalue weighted by molar-refractivity contribution is -0.114. The molecule has 1 aromatic carbocycles. The van der Waals surface area contributed by atoms with Crippen LogP contribution in [0.1, 0.15) is 32.0 Å². The topological polar surface area (TPSA) is 118 Å². The van der Waals surface area contributed by atoms with Crippen LogP contribution >= 0.6 is 0 Å². The van der Waals surface area contributed by atoms with Crippen molar-refractivity contribution in [1.82, 2.24) is 4.57 Å². The fraction of sp³-hybridized carbons (Fsp3) is 0.125. The summed E-state index contributed by atoms with van der Waals surface area (Å²) >= 11 is 0. The number of Topliss-reactive ketones (excluding diaryl/α,β-unsaturated/α-hetero) is 1. The Morgan fingerprint density at radius 3 is 2.48 bits per heavy atom. The number of carbonyl (C=O) groups is 3. The van der Waals surface area contributed by atoms with E-state index in [1.54, 1.807) is 6.07 Å². The van der Waals surface area contributed by atoms with Crippen molar-refractivity contribution in [2.24, 2.45) is 12.8 Å². The number of halogens is 2. The van der Waals surface area contributed by atoms with Crippen molar-refractivity contribution < 1.29 is 23.2 Å². The lowest BCUT2D eigenvalue weighted by atomic mass is 10.1. The van der Waals surface area contributed by atoms with Crippen LogP contribution in [-0.2, 0) is 11.8 Å². The molecule has 2 rings (SSSR count). The highest BCUT2D eigenvalue weighted by atomic mass is 19.1. The first-order valence-corrected chi connectivity index (χ1v) is 6.89. The molecule has 0 radical (unpaired) electrons. The third-order valence-electron chi connectivity index (χ3n) is 3.58. The second-order valence-electron chi connectivity index (χ2n) is 5.15. The summed E-state index contributed by atoms with van der Waals surface area (Å²) in [5, 5.41) is 11.1. The highest BCUT2D eigenvalue weighted by Crippen LogP contribution is 2.23. The van der Waals surface area contributed by atoms with E-state index in [2.05, 4.69) is 5.32 Å². The van der Waals surface area contributed by atoms with Crippen LogP contribution in [0.4, 0.5) is 14.5 Å². The van der Waals surface area contributed by atoms with Crippen LogP contribution in [0.2, 0.25) is 0 Å². The maximum atomic E-state index is 14.4. The van der Waals surface area contributed by atoms with Crippen LogP contribution in [0.3, 0.4) is 0 Å². The number of ketones is 1. The van der Waals surface area contributed by atoms with Gasteiger partial charge in [0.2, 0.25) is 5.95 Å². The monoisotopic (exact) mass is 346 g/mol. The first kappa shape index (κ1) is 17.8. The van der Waals surface area contributed by atoms with Crippen LogP contribution in [0, 0.1) is 30.0 Å². The standard InChI is InChI=1S/C16H12F2N4O3/c1-7-11(14(18)22(2)12(7)13(23)15(20)24)16(25)21-9-3-4-10(17)8(5-9)6-19/h3-5H,1-2H3,(H2,20,24)(H,21,25). The number of hydrogen-bond acceptors (Lipinski definition) is 4. The number of carbonyl (C=O) groups excluding carboxylic acids is 3. The number of nitrogens with zero attached hydrogens (tertiary/aromatic N) is 2. The van der Waals surface area contributed by atoms with Gasteiger partial charge in [0.05, 0.1) is 11.1 Å². The number of nitrogens with two attached hydrogens (primary N) is 1. The van der Waals surface area contributed by atoms with Gasteiger partial charge in [0.25, 0.3) is 17.6 Å². The average molecular weight is 346 g/mol. The Labute approximate surface area is 140 Å². The van der Waals surface area contributed by atoms with Crippen molar-refractivity contribution in [3.63, 3.8) is 0 Å². The third-order valence-corrected chi connectivity index (χ3v) is 3.58. The highest BCUT2D eigenvalue weighted by molar-refractivity contribution is 6.42. The molecule has 0 saturated heterocycles. The van der Waals surface area contributed by atoms with E-state index in [9.17, 15) is 23.2 Å². The number of anilines is 1. The van der Waals surface area contributed by atoms with E-state index >= 15 is 0 Å². The van der Waals surface area contributed by atoms with Gasteiger partial charge >= 0.3 is 0 Å². The van der Waals surface area contributed by atoms with Crippen LogP contribution in [-0.4, -0.2) is 22.2 Å². The molecule has 25 heavy (non-hydrogen) atoms. The zero-order valence-electron chi connectivity index (χ0n) is 13.2. The fourth-order valence-corrected chi connectivity index (χ4v) is 2.38. The Balaban J connectivity index is 2.44. The average Bonchev–Trinajstić information content (AvgIpc) is 2.78. The minimum Gasteiger partial charge on any atom is -0.363 e. The third kappa shape index (κ3) is 3.10. The molecule has 0 spiro atoms. The maximum Gasteiger partial charge on any atom is 0.291 e. The summed E-state index contributed by atoms with van der Waals surface area (Å²) in [5.41, 5.74) is 3.82. The molecule has 0 bridgehead atoms. The molecule has 1 heterocycles. The Bertz CT molecular complexity index is 957. The van der Waals surface area contributed by atoms with Gasteiger partial charge < -0.3 is 15.6 Å². The molecule has 0 saturated carbocycles. The lowest BCUT2D eigenvalue weighted by Gasteiger charge is -2.06. The van der Waals surface area contributed by atoms with Crippen LogP contribution in [0.15, 0.2) is 18.2 Å². The molecular formula is C16H12F2N4O3. The van der Waals surface area contributed by atoms with Gasteiger partial charge in [-0.3, -0.25) is 14.4 Å². The SMILES string of the molecule is Cc1c(C(=O)Nc2ccc(F)c(C#N)c2)c(F)n(C)c1C(=O)C(N)=O. The van der Waals surface area contributed by atoms with E-state index in [1.807, 2.05) is 0 Å². The van der Waals surface area contributed by atoms with Crippen molar-refractivity contribution in [1.29, 1.82) is 5.26 Å². The molecule has 2 aromatic rings. The summed E-state index contributed by atoms with van der Waals surface area (Å²) in [6, 6.07) is 4.86. The van der Waals surface area contributed by atoms with Crippen LogP contribution in [0.25, 0.3) is 0 Å². The minimum absolute atomic E-state index is 0.0633. The lowest BCUT2D eigenvalue weighted by Crippen LogP contribution is -2.26. The van der Waals surface area contributed by atoms with Gasteiger partial charge in [-0.25, -0.2) is 4.39 Å². The summed E-state index contributed by atoms with van der Waals surface area (Å²) in [4.78, 5) is 35.2. The summed E-state index contributed by atoms with van der Waals surface area (Å²) in [6.45, 7) is 1.29. The highest BCUT2D eigenvalue weighted by Gasteiger charge is 2.29. The Morgan fingerprint density at radius 1 is 1.28 bits per heavy atom. The largest absolute Gasteiger partial charge is 0.363 e. The van der Waals surface area contributed by atoms with E-state index < -0.39 is 34.9 Å². The molecule has 2 amide bonds. The molecule has 128 valence electrons. The number of nitriles is 1. The van der Waals surface area contributed by atoms with E-state index in [0.29, 0.717) is 0 Å².